The van der Waals surface area contributed by atoms with Gasteiger partial charge in [0.2, 0.25) is 0 Å². The number of rotatable bonds is 6. The number of carbonyl (C=O) groups excluding carboxylic acids is 1. The maximum absolute atomic E-state index is 12.0. The third-order valence-electron chi connectivity index (χ3n) is 3.66. The van der Waals surface area contributed by atoms with Crippen LogP contribution in [0.25, 0.3) is 0 Å². The maximum atomic E-state index is 12.0. The van der Waals surface area contributed by atoms with E-state index in [1.165, 1.54) is 10.9 Å². The lowest BCUT2D eigenvalue weighted by Crippen LogP contribution is -2.28. The summed E-state index contributed by atoms with van der Waals surface area (Å²) >= 11 is 0. The lowest BCUT2D eigenvalue weighted by atomic mass is 10.2. The number of hydrogen-bond acceptors (Lipinski definition) is 4. The molecule has 0 fully saturated rings. The number of nitrogens with zero attached hydrogens (tertiary/aromatic N) is 2. The number of aliphatic hydroxyl groups is 1. The van der Waals surface area contributed by atoms with Gasteiger partial charge in [-0.15, -0.1) is 0 Å². The number of para-hydroxylation sites is 1. The molecule has 25 heavy (non-hydrogen) atoms. The molecular formula is C19H19N3O3. The van der Waals surface area contributed by atoms with E-state index >= 15 is 0 Å². The largest absolute Gasteiger partial charge is 0.457 e. The van der Waals surface area contributed by atoms with Crippen LogP contribution in [-0.4, -0.2) is 20.8 Å². The van der Waals surface area contributed by atoms with E-state index in [4.69, 9.17) is 4.74 Å². The van der Waals surface area contributed by atoms with E-state index < -0.39 is 12.0 Å². The predicted molar refractivity (Wildman–Crippen MR) is 93.0 cm³/mol. The predicted octanol–water partition coefficient (Wildman–Crippen LogP) is 2.56. The Balaban J connectivity index is 1.54. The van der Waals surface area contributed by atoms with E-state index in [9.17, 15) is 9.90 Å². The summed E-state index contributed by atoms with van der Waals surface area (Å²) in [5, 5.41) is 16.7. The Labute approximate surface area is 145 Å². The van der Waals surface area contributed by atoms with Crippen LogP contribution >= 0.6 is 0 Å². The number of nitrogens with one attached hydrogen (secondary N) is 1. The Morgan fingerprint density at radius 3 is 2.48 bits per heavy atom. The Bertz CT molecular complexity index is 829. The zero-order valence-corrected chi connectivity index (χ0v) is 13.8. The second-order valence-corrected chi connectivity index (χ2v) is 5.63. The van der Waals surface area contributed by atoms with Crippen LogP contribution in [-0.2, 0) is 18.4 Å². The highest BCUT2D eigenvalue weighted by atomic mass is 16.5. The van der Waals surface area contributed by atoms with Crippen molar-refractivity contribution in [1.82, 2.24) is 15.1 Å². The van der Waals surface area contributed by atoms with Crippen molar-refractivity contribution >= 4 is 5.91 Å². The van der Waals surface area contributed by atoms with Crippen LogP contribution in [0.1, 0.15) is 17.2 Å². The first-order valence-electron chi connectivity index (χ1n) is 7.88. The van der Waals surface area contributed by atoms with E-state index in [1.807, 2.05) is 54.6 Å². The van der Waals surface area contributed by atoms with Crippen molar-refractivity contribution < 1.29 is 14.6 Å². The van der Waals surface area contributed by atoms with Crippen LogP contribution in [0.15, 0.2) is 67.0 Å². The lowest BCUT2D eigenvalue weighted by molar-refractivity contribution is -0.129. The van der Waals surface area contributed by atoms with E-state index in [1.54, 1.807) is 13.2 Å². The molecule has 3 rings (SSSR count). The van der Waals surface area contributed by atoms with Crippen molar-refractivity contribution in [3.8, 4) is 11.5 Å². The fraction of sp³-hybridized carbons (Fsp3) is 0.158. The highest BCUT2D eigenvalue weighted by Gasteiger charge is 2.18. The van der Waals surface area contributed by atoms with Crippen LogP contribution in [0, 0.1) is 0 Å². The molecule has 3 aromatic rings. The third-order valence-corrected chi connectivity index (χ3v) is 3.66. The van der Waals surface area contributed by atoms with Gasteiger partial charge in [-0.3, -0.25) is 9.48 Å². The second kappa shape index (κ2) is 7.63. The zero-order valence-electron chi connectivity index (χ0n) is 13.8. The van der Waals surface area contributed by atoms with E-state index in [2.05, 4.69) is 10.4 Å². The van der Waals surface area contributed by atoms with Gasteiger partial charge in [0, 0.05) is 25.4 Å². The Hall–Kier alpha value is -3.12. The molecule has 0 radical (unpaired) electrons. The van der Waals surface area contributed by atoms with E-state index in [0.717, 1.165) is 17.1 Å². The van der Waals surface area contributed by atoms with Gasteiger partial charge in [-0.05, 0) is 29.8 Å². The number of aromatic nitrogens is 2. The van der Waals surface area contributed by atoms with Crippen molar-refractivity contribution in [2.24, 2.45) is 7.05 Å². The molecule has 1 unspecified atom stereocenters. The Morgan fingerprint density at radius 2 is 1.84 bits per heavy atom. The Morgan fingerprint density at radius 1 is 1.16 bits per heavy atom. The van der Waals surface area contributed by atoms with Crippen LogP contribution in [0.2, 0.25) is 0 Å². The first-order valence-corrected chi connectivity index (χ1v) is 7.88. The van der Waals surface area contributed by atoms with Gasteiger partial charge in [-0.25, -0.2) is 0 Å². The summed E-state index contributed by atoms with van der Waals surface area (Å²) in [7, 11) is 1.73. The second-order valence-electron chi connectivity index (χ2n) is 5.63. The normalized spacial score (nSPS) is 11.8. The van der Waals surface area contributed by atoms with Crippen molar-refractivity contribution in [1.29, 1.82) is 0 Å². The summed E-state index contributed by atoms with van der Waals surface area (Å²) in [6.45, 7) is 0.321. The van der Waals surface area contributed by atoms with Crippen LogP contribution < -0.4 is 10.1 Å². The molecule has 0 spiro atoms. The summed E-state index contributed by atoms with van der Waals surface area (Å²) in [6.07, 6.45) is 1.86. The van der Waals surface area contributed by atoms with Gasteiger partial charge in [0.1, 0.15) is 11.5 Å². The van der Waals surface area contributed by atoms with Crippen LogP contribution in [0.5, 0.6) is 11.5 Å². The standard InChI is InChI=1S/C19H19N3O3/c1-22-13-15(12-21-22)18(23)19(24)20-11-14-7-9-17(10-8-14)25-16-5-3-2-4-6-16/h2-10,12-13,18,23H,11H2,1H3,(H,20,24). The summed E-state index contributed by atoms with van der Waals surface area (Å²) in [4.78, 5) is 12.0. The molecule has 0 saturated heterocycles. The molecule has 0 bridgehead atoms. The number of amides is 1. The van der Waals surface area contributed by atoms with Gasteiger partial charge in [0.25, 0.3) is 5.91 Å². The molecule has 2 aromatic carbocycles. The lowest BCUT2D eigenvalue weighted by Gasteiger charge is -2.10. The van der Waals surface area contributed by atoms with Crippen molar-refractivity contribution in [3.05, 3.63) is 78.1 Å². The van der Waals surface area contributed by atoms with E-state index in [-0.39, 0.29) is 0 Å². The smallest absolute Gasteiger partial charge is 0.253 e. The highest BCUT2D eigenvalue weighted by Crippen LogP contribution is 2.21. The molecule has 2 N–H and O–H groups in total. The molecule has 128 valence electrons. The summed E-state index contributed by atoms with van der Waals surface area (Å²) in [5.41, 5.74) is 1.37. The molecule has 0 aliphatic carbocycles. The molecule has 0 aliphatic rings. The summed E-state index contributed by atoms with van der Waals surface area (Å²) < 4.78 is 7.26. The number of hydrogen-bond donors (Lipinski definition) is 2. The molecule has 1 atom stereocenters. The molecule has 1 heterocycles. The minimum absolute atomic E-state index is 0.321. The topological polar surface area (TPSA) is 76.4 Å². The number of ether oxygens (including phenoxy) is 1. The molecule has 6 nitrogen and oxygen atoms in total. The van der Waals surface area contributed by atoms with Crippen LogP contribution in [0.3, 0.4) is 0 Å². The van der Waals surface area contributed by atoms with Gasteiger partial charge < -0.3 is 15.2 Å². The number of carbonyl (C=O) groups is 1. The Kier molecular flexibility index (Phi) is 5.11. The monoisotopic (exact) mass is 337 g/mol. The highest BCUT2D eigenvalue weighted by molar-refractivity contribution is 5.81. The van der Waals surface area contributed by atoms with Crippen LogP contribution in [0.4, 0.5) is 0 Å². The first kappa shape index (κ1) is 16.7. The van der Waals surface area contributed by atoms with Gasteiger partial charge in [-0.1, -0.05) is 30.3 Å². The quantitative estimate of drug-likeness (QED) is 0.725. The van der Waals surface area contributed by atoms with Gasteiger partial charge in [0.15, 0.2) is 6.10 Å². The molecule has 6 heteroatoms. The zero-order chi connectivity index (χ0) is 17.6. The van der Waals surface area contributed by atoms with Gasteiger partial charge in [-0.2, -0.15) is 5.10 Å². The van der Waals surface area contributed by atoms with Gasteiger partial charge in [0.05, 0.1) is 6.20 Å². The molecule has 0 aliphatic heterocycles. The number of benzene rings is 2. The van der Waals surface area contributed by atoms with Gasteiger partial charge >= 0.3 is 0 Å². The minimum atomic E-state index is -1.23. The maximum Gasteiger partial charge on any atom is 0.253 e. The minimum Gasteiger partial charge on any atom is -0.457 e. The summed E-state index contributed by atoms with van der Waals surface area (Å²) in [6, 6.07) is 16.9. The molecule has 1 aromatic heterocycles. The first-order chi connectivity index (χ1) is 12.1. The van der Waals surface area contributed by atoms with Crippen molar-refractivity contribution in [3.63, 3.8) is 0 Å². The third kappa shape index (κ3) is 4.45. The summed E-state index contributed by atoms with van der Waals surface area (Å²) in [5.74, 6) is 1.03. The number of aliphatic hydroxyl groups excluding tert-OH is 1. The fourth-order valence-corrected chi connectivity index (χ4v) is 2.32. The fourth-order valence-electron chi connectivity index (χ4n) is 2.32. The molecular weight excluding hydrogens is 318 g/mol. The van der Waals surface area contributed by atoms with Crippen molar-refractivity contribution in [2.75, 3.05) is 0 Å². The average Bonchev–Trinajstić information content (AvgIpc) is 3.07. The molecule has 0 saturated carbocycles. The molecule has 1 amide bonds. The SMILES string of the molecule is Cn1cc(C(O)C(=O)NCc2ccc(Oc3ccccc3)cc2)cn1. The number of aryl methyl sites for hydroxylation is 1. The van der Waals surface area contributed by atoms with E-state index in [0.29, 0.717) is 12.1 Å². The van der Waals surface area contributed by atoms with Crippen molar-refractivity contribution in [2.45, 2.75) is 12.6 Å². The average molecular weight is 337 g/mol.